The molecule has 0 bridgehead atoms. The van der Waals surface area contributed by atoms with E-state index in [1.807, 2.05) is 11.3 Å². The summed E-state index contributed by atoms with van der Waals surface area (Å²) in [5.74, 6) is 0. The number of rotatable bonds is 6. The molecule has 0 saturated carbocycles. The van der Waals surface area contributed by atoms with Crippen molar-refractivity contribution in [3.63, 3.8) is 0 Å². The molecule has 0 unspecified atom stereocenters. The topological polar surface area (TPSA) is 3.24 Å². The van der Waals surface area contributed by atoms with Crippen LogP contribution in [0.25, 0.3) is 75.8 Å². The number of para-hydroxylation sites is 2. The van der Waals surface area contributed by atoms with Crippen LogP contribution in [0, 0.1) is 0 Å². The lowest BCUT2D eigenvalue weighted by Gasteiger charge is -2.30. The van der Waals surface area contributed by atoms with Crippen LogP contribution in [0.1, 0.15) is 49.9 Å². The maximum Gasteiger partial charge on any atom is 0.0540 e. The van der Waals surface area contributed by atoms with Gasteiger partial charge in [0.25, 0.3) is 0 Å². The molecule has 1 heterocycles. The van der Waals surface area contributed by atoms with Crippen LogP contribution in [0.5, 0.6) is 0 Å². The Kier molecular flexibility index (Phi) is 8.17. The number of anilines is 3. The third kappa shape index (κ3) is 5.39. The lowest BCUT2D eigenvalue weighted by atomic mass is 9.82. The zero-order valence-electron chi connectivity index (χ0n) is 35.4. The highest BCUT2D eigenvalue weighted by atomic mass is 32.1. The Morgan fingerprint density at radius 3 is 1.61 bits per heavy atom. The van der Waals surface area contributed by atoms with Crippen molar-refractivity contribution in [2.45, 2.75) is 38.5 Å². The number of hydrogen-bond donors (Lipinski definition) is 0. The Labute approximate surface area is 368 Å². The van der Waals surface area contributed by atoms with Gasteiger partial charge in [-0.05, 0) is 109 Å². The highest BCUT2D eigenvalue weighted by molar-refractivity contribution is 7.25. The van der Waals surface area contributed by atoms with Gasteiger partial charge in [-0.2, -0.15) is 0 Å². The predicted molar refractivity (Wildman–Crippen MR) is 265 cm³/mol. The summed E-state index contributed by atoms with van der Waals surface area (Å²) in [6.45, 7) is 9.43. The summed E-state index contributed by atoms with van der Waals surface area (Å²) in [5, 5.41) is 2.61. The molecule has 12 rings (SSSR count). The molecular weight excluding hydrogens is 767 g/mol. The maximum absolute atomic E-state index is 2.51. The number of thiophene rings is 1. The number of fused-ring (bicyclic) bond motifs is 9. The van der Waals surface area contributed by atoms with Crippen molar-refractivity contribution in [1.82, 2.24) is 0 Å². The van der Waals surface area contributed by atoms with E-state index in [2.05, 4.69) is 233 Å². The molecule has 0 spiro atoms. The molecule has 2 heteroatoms. The van der Waals surface area contributed by atoms with E-state index in [9.17, 15) is 0 Å². The van der Waals surface area contributed by atoms with E-state index in [0.29, 0.717) is 0 Å². The highest BCUT2D eigenvalue weighted by Gasteiger charge is 2.38. The Morgan fingerprint density at radius 1 is 0.355 bits per heavy atom. The second-order valence-corrected chi connectivity index (χ2v) is 19.1. The molecule has 0 aliphatic heterocycles. The Hall–Kier alpha value is -7.00. The van der Waals surface area contributed by atoms with Gasteiger partial charge >= 0.3 is 0 Å². The molecule has 10 aromatic rings. The van der Waals surface area contributed by atoms with Gasteiger partial charge in [-0.1, -0.05) is 185 Å². The van der Waals surface area contributed by atoms with Crippen LogP contribution < -0.4 is 4.90 Å². The molecule has 0 radical (unpaired) electrons. The molecule has 2 aliphatic rings. The summed E-state index contributed by atoms with van der Waals surface area (Å²) in [5.41, 5.74) is 21.5. The van der Waals surface area contributed by atoms with Crippen molar-refractivity contribution in [2.24, 2.45) is 0 Å². The van der Waals surface area contributed by atoms with Crippen molar-refractivity contribution in [3.05, 3.63) is 222 Å². The molecule has 62 heavy (non-hydrogen) atoms. The lowest BCUT2D eigenvalue weighted by molar-refractivity contribution is 0.660. The molecule has 9 aromatic carbocycles. The second kappa shape index (κ2) is 13.8. The normalized spacial score (nSPS) is 14.1. The standard InChI is InChI=1S/C60H45NS/c1-59(2)49-24-10-5-17-41(49)48-37-39(33-36-51(48)59)38-31-34-40(35-32-38)61(54-28-13-8-19-43(54)45-23-16-30-56-58(45)47-21-9-14-29-55(47)62-56)53-27-12-7-18-42(53)44-22-15-26-52-57(44)46-20-6-11-25-50(46)60(52,3)4/h5-37H,1-4H3. The highest BCUT2D eigenvalue weighted by Crippen LogP contribution is 2.55. The SMILES string of the molecule is CC1(C)c2ccccc2-c2cc(-c3ccc(N(c4ccccc4-c4cccc5c4-c4ccccc4C5(C)C)c4ccccc4-c4cccc5sc6ccccc6c45)cc3)ccc21. The fourth-order valence-corrected chi connectivity index (χ4v) is 12.0. The molecule has 0 N–H and O–H groups in total. The minimum atomic E-state index is -0.101. The largest absolute Gasteiger partial charge is 0.309 e. The third-order valence-electron chi connectivity index (χ3n) is 13.9. The van der Waals surface area contributed by atoms with Crippen molar-refractivity contribution in [1.29, 1.82) is 0 Å². The van der Waals surface area contributed by atoms with Crippen LogP contribution in [0.2, 0.25) is 0 Å². The van der Waals surface area contributed by atoms with Gasteiger partial charge in [-0.3, -0.25) is 0 Å². The maximum atomic E-state index is 2.51. The molecule has 1 nitrogen and oxygen atoms in total. The summed E-state index contributed by atoms with van der Waals surface area (Å²) < 4.78 is 2.61. The molecular formula is C60H45NS. The summed E-state index contributed by atoms with van der Waals surface area (Å²) >= 11 is 1.87. The monoisotopic (exact) mass is 811 g/mol. The quantitative estimate of drug-likeness (QED) is 0.162. The Bertz CT molecular complexity index is 3420. The van der Waals surface area contributed by atoms with Crippen molar-refractivity contribution in [2.75, 3.05) is 4.90 Å². The fraction of sp³-hybridized carbons (Fsp3) is 0.100. The number of nitrogens with zero attached hydrogens (tertiary/aromatic N) is 1. The molecule has 1 aromatic heterocycles. The van der Waals surface area contributed by atoms with E-state index in [4.69, 9.17) is 0 Å². The van der Waals surface area contributed by atoms with Crippen molar-refractivity contribution >= 4 is 48.6 Å². The van der Waals surface area contributed by atoms with Crippen LogP contribution in [0.4, 0.5) is 17.1 Å². The second-order valence-electron chi connectivity index (χ2n) is 18.0. The third-order valence-corrected chi connectivity index (χ3v) is 15.1. The van der Waals surface area contributed by atoms with Gasteiger partial charge in [0.05, 0.1) is 11.4 Å². The van der Waals surface area contributed by atoms with Crippen LogP contribution in [0.15, 0.2) is 200 Å². The van der Waals surface area contributed by atoms with Gasteiger partial charge in [0.1, 0.15) is 0 Å². The smallest absolute Gasteiger partial charge is 0.0540 e. The lowest BCUT2D eigenvalue weighted by Crippen LogP contribution is -2.15. The number of hydrogen-bond acceptors (Lipinski definition) is 2. The molecule has 296 valence electrons. The Morgan fingerprint density at radius 2 is 0.855 bits per heavy atom. The average Bonchev–Trinajstić information content (AvgIpc) is 3.89. The van der Waals surface area contributed by atoms with Gasteiger partial charge in [0.15, 0.2) is 0 Å². The summed E-state index contributed by atoms with van der Waals surface area (Å²) in [7, 11) is 0. The first kappa shape index (κ1) is 36.8. The van der Waals surface area contributed by atoms with Crippen molar-refractivity contribution < 1.29 is 0 Å². The minimum absolute atomic E-state index is 0.0219. The minimum Gasteiger partial charge on any atom is -0.309 e. The molecule has 0 fully saturated rings. The van der Waals surface area contributed by atoms with E-state index in [-0.39, 0.29) is 10.8 Å². The molecule has 0 atom stereocenters. The van der Waals surface area contributed by atoms with Gasteiger partial charge in [-0.25, -0.2) is 0 Å². The fourth-order valence-electron chi connectivity index (χ4n) is 10.9. The summed E-state index contributed by atoms with van der Waals surface area (Å²) in [6, 6.07) is 74.8. The van der Waals surface area contributed by atoms with Gasteiger partial charge < -0.3 is 4.90 Å². The predicted octanol–water partition coefficient (Wildman–Crippen LogP) is 17.1. The van der Waals surface area contributed by atoms with Crippen molar-refractivity contribution in [3.8, 4) is 55.6 Å². The van der Waals surface area contributed by atoms with Crippen LogP contribution in [-0.2, 0) is 10.8 Å². The van der Waals surface area contributed by atoms with E-state index >= 15 is 0 Å². The van der Waals surface area contributed by atoms with E-state index in [0.717, 1.165) is 17.1 Å². The summed E-state index contributed by atoms with van der Waals surface area (Å²) in [6.07, 6.45) is 0. The summed E-state index contributed by atoms with van der Waals surface area (Å²) in [4.78, 5) is 2.51. The van der Waals surface area contributed by atoms with E-state index in [1.54, 1.807) is 0 Å². The van der Waals surface area contributed by atoms with Gasteiger partial charge in [0.2, 0.25) is 0 Å². The van der Waals surface area contributed by atoms with E-state index < -0.39 is 0 Å². The van der Waals surface area contributed by atoms with E-state index in [1.165, 1.54) is 98.1 Å². The molecule has 2 aliphatic carbocycles. The average molecular weight is 812 g/mol. The first-order valence-electron chi connectivity index (χ1n) is 21.8. The van der Waals surface area contributed by atoms with Crippen LogP contribution in [0.3, 0.4) is 0 Å². The zero-order valence-corrected chi connectivity index (χ0v) is 36.2. The zero-order chi connectivity index (χ0) is 41.7. The first-order chi connectivity index (χ1) is 30.3. The molecule has 0 amide bonds. The van der Waals surface area contributed by atoms with Crippen LogP contribution in [-0.4, -0.2) is 0 Å². The van der Waals surface area contributed by atoms with Gasteiger partial charge in [-0.15, -0.1) is 11.3 Å². The number of benzene rings is 9. The molecule has 0 saturated heterocycles. The Balaban J connectivity index is 1.07. The first-order valence-corrected chi connectivity index (χ1v) is 22.6. The van der Waals surface area contributed by atoms with Gasteiger partial charge in [0, 0.05) is 47.8 Å². The van der Waals surface area contributed by atoms with Crippen LogP contribution >= 0.6 is 11.3 Å².